The molecule has 5 heteroatoms. The lowest BCUT2D eigenvalue weighted by Crippen LogP contribution is -2.42. The SMILES string of the molecule is O=C(C1CCC(F)(F)CC1)N1CCC[C@H]1C[C@@H](O)c1ccccc1. The summed E-state index contributed by atoms with van der Waals surface area (Å²) in [7, 11) is 0. The summed E-state index contributed by atoms with van der Waals surface area (Å²) in [6.45, 7) is 0.678. The highest BCUT2D eigenvalue weighted by molar-refractivity contribution is 5.79. The van der Waals surface area contributed by atoms with Crippen molar-refractivity contribution in [3.63, 3.8) is 0 Å². The number of likely N-dealkylation sites (tertiary alicyclic amines) is 1. The molecule has 0 spiro atoms. The molecule has 132 valence electrons. The molecule has 1 aromatic rings. The predicted octanol–water partition coefficient (Wildman–Crippen LogP) is 3.93. The van der Waals surface area contributed by atoms with Gasteiger partial charge in [0.1, 0.15) is 0 Å². The molecule has 2 fully saturated rings. The second-order valence-electron chi connectivity index (χ2n) is 7.12. The van der Waals surface area contributed by atoms with E-state index < -0.39 is 12.0 Å². The van der Waals surface area contributed by atoms with Gasteiger partial charge in [-0.05, 0) is 37.7 Å². The number of hydrogen-bond acceptors (Lipinski definition) is 2. The third-order valence-electron chi connectivity index (χ3n) is 5.41. The van der Waals surface area contributed by atoms with Gasteiger partial charge in [-0.1, -0.05) is 30.3 Å². The molecule has 1 aliphatic carbocycles. The van der Waals surface area contributed by atoms with Crippen molar-refractivity contribution in [2.75, 3.05) is 6.54 Å². The van der Waals surface area contributed by atoms with Gasteiger partial charge in [0, 0.05) is 31.3 Å². The minimum absolute atomic E-state index is 0.00765. The van der Waals surface area contributed by atoms with Gasteiger partial charge in [0.05, 0.1) is 6.10 Å². The number of carbonyl (C=O) groups excluding carboxylic acids is 1. The zero-order valence-electron chi connectivity index (χ0n) is 13.8. The summed E-state index contributed by atoms with van der Waals surface area (Å²) in [6, 6.07) is 9.45. The highest BCUT2D eigenvalue weighted by atomic mass is 19.3. The molecule has 1 saturated heterocycles. The Kier molecular flexibility index (Phi) is 5.18. The van der Waals surface area contributed by atoms with Gasteiger partial charge in [0.25, 0.3) is 0 Å². The summed E-state index contributed by atoms with van der Waals surface area (Å²) in [5, 5.41) is 10.4. The van der Waals surface area contributed by atoms with E-state index in [9.17, 15) is 18.7 Å². The second-order valence-corrected chi connectivity index (χ2v) is 7.12. The summed E-state index contributed by atoms with van der Waals surface area (Å²) in [4.78, 5) is 14.6. The van der Waals surface area contributed by atoms with Crippen molar-refractivity contribution in [2.45, 2.75) is 63.0 Å². The molecule has 0 radical (unpaired) electrons. The van der Waals surface area contributed by atoms with E-state index in [4.69, 9.17) is 0 Å². The largest absolute Gasteiger partial charge is 0.388 e. The van der Waals surface area contributed by atoms with E-state index in [1.54, 1.807) is 0 Å². The molecule has 3 rings (SSSR count). The van der Waals surface area contributed by atoms with Gasteiger partial charge in [-0.15, -0.1) is 0 Å². The Morgan fingerprint density at radius 2 is 1.88 bits per heavy atom. The minimum Gasteiger partial charge on any atom is -0.388 e. The van der Waals surface area contributed by atoms with Crippen molar-refractivity contribution >= 4 is 5.91 Å². The lowest BCUT2D eigenvalue weighted by Gasteiger charge is -2.33. The van der Waals surface area contributed by atoms with Crippen molar-refractivity contribution in [1.29, 1.82) is 0 Å². The molecule has 0 unspecified atom stereocenters. The molecule has 1 aliphatic heterocycles. The maximum atomic E-state index is 13.3. The molecule has 1 aromatic carbocycles. The smallest absolute Gasteiger partial charge is 0.248 e. The molecule has 3 nitrogen and oxygen atoms in total. The fourth-order valence-electron chi connectivity index (χ4n) is 3.96. The third kappa shape index (κ3) is 3.94. The number of nitrogens with zero attached hydrogens (tertiary/aromatic N) is 1. The molecule has 2 aliphatic rings. The number of alkyl halides is 2. The van der Waals surface area contributed by atoms with Crippen molar-refractivity contribution in [3.8, 4) is 0 Å². The van der Waals surface area contributed by atoms with E-state index >= 15 is 0 Å². The monoisotopic (exact) mass is 337 g/mol. The van der Waals surface area contributed by atoms with E-state index in [-0.39, 0.29) is 43.6 Å². The van der Waals surface area contributed by atoms with Gasteiger partial charge >= 0.3 is 0 Å². The number of benzene rings is 1. The van der Waals surface area contributed by atoms with Crippen LogP contribution in [0.3, 0.4) is 0 Å². The number of hydrogen-bond donors (Lipinski definition) is 1. The molecule has 1 amide bonds. The van der Waals surface area contributed by atoms with Crippen molar-refractivity contribution < 1.29 is 18.7 Å². The van der Waals surface area contributed by atoms with Gasteiger partial charge in [0.2, 0.25) is 11.8 Å². The minimum atomic E-state index is -2.61. The Morgan fingerprint density at radius 1 is 1.21 bits per heavy atom. The fourth-order valence-corrected chi connectivity index (χ4v) is 3.96. The molecular weight excluding hydrogens is 312 g/mol. The van der Waals surface area contributed by atoms with Gasteiger partial charge in [-0.3, -0.25) is 4.79 Å². The maximum absolute atomic E-state index is 13.3. The Labute approximate surface area is 141 Å². The molecule has 0 bridgehead atoms. The summed E-state index contributed by atoms with van der Waals surface area (Å²) in [5.74, 6) is -2.88. The van der Waals surface area contributed by atoms with Crippen LogP contribution in [-0.4, -0.2) is 34.4 Å². The molecule has 1 saturated carbocycles. The third-order valence-corrected chi connectivity index (χ3v) is 5.41. The molecule has 1 heterocycles. The van der Waals surface area contributed by atoms with Gasteiger partial charge in [0.15, 0.2) is 0 Å². The number of aliphatic hydroxyl groups is 1. The van der Waals surface area contributed by atoms with E-state index in [1.807, 2.05) is 35.2 Å². The quantitative estimate of drug-likeness (QED) is 0.904. The number of carbonyl (C=O) groups is 1. The van der Waals surface area contributed by atoms with Crippen LogP contribution in [-0.2, 0) is 4.79 Å². The summed E-state index contributed by atoms with van der Waals surface area (Å²) in [5.41, 5.74) is 0.856. The van der Waals surface area contributed by atoms with Crippen LogP contribution in [0.15, 0.2) is 30.3 Å². The zero-order valence-corrected chi connectivity index (χ0v) is 13.8. The van der Waals surface area contributed by atoms with Crippen LogP contribution >= 0.6 is 0 Å². The second kappa shape index (κ2) is 7.18. The standard InChI is InChI=1S/C19H25F2NO2/c20-19(21)10-8-15(9-11-19)18(24)22-12-4-7-16(22)13-17(23)14-5-2-1-3-6-14/h1-3,5-6,15-17,23H,4,7-13H2/t16-,17+/m0/s1. The Hall–Kier alpha value is -1.49. The lowest BCUT2D eigenvalue weighted by molar-refractivity contribution is -0.141. The zero-order chi connectivity index (χ0) is 17.2. The molecule has 0 aromatic heterocycles. The fraction of sp³-hybridized carbons (Fsp3) is 0.632. The first-order chi connectivity index (χ1) is 11.5. The van der Waals surface area contributed by atoms with E-state index in [0.29, 0.717) is 13.0 Å². The number of rotatable bonds is 4. The average molecular weight is 337 g/mol. The van der Waals surface area contributed by atoms with E-state index in [2.05, 4.69) is 0 Å². The first kappa shape index (κ1) is 17.3. The van der Waals surface area contributed by atoms with E-state index in [0.717, 1.165) is 18.4 Å². The van der Waals surface area contributed by atoms with Gasteiger partial charge < -0.3 is 10.0 Å². The van der Waals surface area contributed by atoms with Gasteiger partial charge in [-0.2, -0.15) is 0 Å². The van der Waals surface area contributed by atoms with Gasteiger partial charge in [-0.25, -0.2) is 8.78 Å². The number of aliphatic hydroxyl groups excluding tert-OH is 1. The average Bonchev–Trinajstić information content (AvgIpc) is 3.03. The van der Waals surface area contributed by atoms with Crippen LogP contribution in [0.5, 0.6) is 0 Å². The number of amides is 1. The van der Waals surface area contributed by atoms with Crippen LogP contribution < -0.4 is 0 Å². The van der Waals surface area contributed by atoms with Crippen LogP contribution in [0.25, 0.3) is 0 Å². The first-order valence-corrected chi connectivity index (χ1v) is 8.87. The summed E-state index contributed by atoms with van der Waals surface area (Å²) in [6.07, 6.45) is 1.88. The van der Waals surface area contributed by atoms with E-state index in [1.165, 1.54) is 0 Å². The normalized spacial score (nSPS) is 25.6. The van der Waals surface area contributed by atoms with Crippen LogP contribution in [0.4, 0.5) is 8.78 Å². The highest BCUT2D eigenvalue weighted by Crippen LogP contribution is 2.38. The number of halogens is 2. The van der Waals surface area contributed by atoms with Crippen LogP contribution in [0.2, 0.25) is 0 Å². The van der Waals surface area contributed by atoms with Crippen molar-refractivity contribution in [2.24, 2.45) is 5.92 Å². The maximum Gasteiger partial charge on any atom is 0.248 e. The Morgan fingerprint density at radius 3 is 2.54 bits per heavy atom. The molecule has 2 atom stereocenters. The lowest BCUT2D eigenvalue weighted by atomic mass is 9.85. The topological polar surface area (TPSA) is 40.5 Å². The Balaban J connectivity index is 1.60. The summed E-state index contributed by atoms with van der Waals surface area (Å²) < 4.78 is 26.6. The predicted molar refractivity (Wildman–Crippen MR) is 87.7 cm³/mol. The molecule has 1 N–H and O–H groups in total. The van der Waals surface area contributed by atoms with Crippen LogP contribution in [0.1, 0.15) is 56.6 Å². The van der Waals surface area contributed by atoms with Crippen molar-refractivity contribution in [1.82, 2.24) is 4.90 Å². The molecule has 24 heavy (non-hydrogen) atoms. The Bertz CT molecular complexity index is 554. The van der Waals surface area contributed by atoms with Crippen LogP contribution in [0, 0.1) is 5.92 Å². The molecular formula is C19H25F2NO2. The van der Waals surface area contributed by atoms with Crippen molar-refractivity contribution in [3.05, 3.63) is 35.9 Å². The first-order valence-electron chi connectivity index (χ1n) is 8.87. The summed E-state index contributed by atoms with van der Waals surface area (Å²) >= 11 is 0. The highest BCUT2D eigenvalue weighted by Gasteiger charge is 2.40.